The first kappa shape index (κ1) is 27.6. The van der Waals surface area contributed by atoms with Crippen LogP contribution in [0, 0.1) is 23.2 Å². The molecule has 2 fully saturated rings. The van der Waals surface area contributed by atoms with Crippen LogP contribution >= 0.6 is 0 Å². The van der Waals surface area contributed by atoms with Crippen LogP contribution in [0.25, 0.3) is 0 Å². The molecular weight excluding hydrogens is 497 g/mol. The SMILES string of the molecule is N#Cc1ccc(CCNC(=O)C2CCCN(c3cc(N4CCC(CCO)CC4)nc(C(F)(F)F)n3)C2)cc1. The van der Waals surface area contributed by atoms with Crippen molar-refractivity contribution in [3.63, 3.8) is 0 Å². The van der Waals surface area contributed by atoms with Gasteiger partial charge in [-0.3, -0.25) is 4.79 Å². The number of alkyl halides is 3. The fourth-order valence-corrected chi connectivity index (χ4v) is 5.13. The van der Waals surface area contributed by atoms with Crippen molar-refractivity contribution < 1.29 is 23.1 Å². The highest BCUT2D eigenvalue weighted by Crippen LogP contribution is 2.33. The van der Waals surface area contributed by atoms with Crippen molar-refractivity contribution in [1.29, 1.82) is 5.26 Å². The number of anilines is 2. The number of nitriles is 1. The molecule has 0 radical (unpaired) electrons. The fraction of sp³-hybridized carbons (Fsp3) is 0.556. The summed E-state index contributed by atoms with van der Waals surface area (Å²) in [5.41, 5.74) is 1.58. The standard InChI is InChI=1S/C27H33F3N6O2/c28-27(29,30)26-33-23(35-13-8-20(9-14-35)10-15-37)16-24(34-26)36-12-1-2-22(18-36)25(38)32-11-7-19-3-5-21(17-31)6-4-19/h3-6,16,20,22,37H,1-2,7-15,18H2,(H,32,38). The number of hydrogen-bond acceptors (Lipinski definition) is 7. The molecule has 1 aromatic heterocycles. The molecule has 1 unspecified atom stereocenters. The van der Waals surface area contributed by atoms with Gasteiger partial charge in [0.25, 0.3) is 0 Å². The molecule has 2 N–H and O–H groups in total. The quantitative estimate of drug-likeness (QED) is 0.538. The summed E-state index contributed by atoms with van der Waals surface area (Å²) in [6.45, 7) is 2.49. The molecular formula is C27H33F3N6O2. The Labute approximate surface area is 220 Å². The lowest BCUT2D eigenvalue weighted by molar-refractivity contribution is -0.144. The topological polar surface area (TPSA) is 105 Å². The van der Waals surface area contributed by atoms with E-state index in [0.717, 1.165) is 18.4 Å². The highest BCUT2D eigenvalue weighted by molar-refractivity contribution is 5.79. The van der Waals surface area contributed by atoms with Crippen LogP contribution in [0.5, 0.6) is 0 Å². The lowest BCUT2D eigenvalue weighted by Gasteiger charge is -2.35. The predicted octanol–water partition coefficient (Wildman–Crippen LogP) is 3.54. The van der Waals surface area contributed by atoms with Gasteiger partial charge in [-0.25, -0.2) is 9.97 Å². The van der Waals surface area contributed by atoms with Crippen LogP contribution in [-0.4, -0.2) is 60.3 Å². The number of carbonyl (C=O) groups excluding carboxylic acids is 1. The number of piperidine rings is 2. The summed E-state index contributed by atoms with van der Waals surface area (Å²) in [6.07, 6.45) is -0.472. The summed E-state index contributed by atoms with van der Waals surface area (Å²) in [5, 5.41) is 21.0. The van der Waals surface area contributed by atoms with Crippen LogP contribution in [0.15, 0.2) is 30.3 Å². The number of aliphatic hydroxyl groups excluding tert-OH is 1. The molecule has 0 saturated carbocycles. The Hall–Kier alpha value is -3.39. The van der Waals surface area contributed by atoms with E-state index in [2.05, 4.69) is 21.4 Å². The highest BCUT2D eigenvalue weighted by atomic mass is 19.4. The number of hydrogen-bond donors (Lipinski definition) is 2. The summed E-state index contributed by atoms with van der Waals surface area (Å²) >= 11 is 0. The second-order valence-electron chi connectivity index (χ2n) is 9.98. The summed E-state index contributed by atoms with van der Waals surface area (Å²) in [5.74, 6) is -0.852. The van der Waals surface area contributed by atoms with Crippen molar-refractivity contribution in [2.45, 2.75) is 44.7 Å². The summed E-state index contributed by atoms with van der Waals surface area (Å²) in [7, 11) is 0. The van der Waals surface area contributed by atoms with E-state index in [4.69, 9.17) is 5.26 Å². The first-order chi connectivity index (χ1) is 18.3. The number of aliphatic hydroxyl groups is 1. The molecule has 0 bridgehead atoms. The van der Waals surface area contributed by atoms with E-state index in [1.54, 1.807) is 23.1 Å². The molecule has 2 saturated heterocycles. The molecule has 11 heteroatoms. The van der Waals surface area contributed by atoms with E-state index in [1.165, 1.54) is 0 Å². The monoisotopic (exact) mass is 530 g/mol. The molecule has 4 rings (SSSR count). The predicted molar refractivity (Wildman–Crippen MR) is 136 cm³/mol. The number of amides is 1. The molecule has 2 aromatic rings. The smallest absolute Gasteiger partial charge is 0.396 e. The first-order valence-electron chi connectivity index (χ1n) is 13.1. The molecule has 0 spiro atoms. The molecule has 3 heterocycles. The first-order valence-corrected chi connectivity index (χ1v) is 13.1. The summed E-state index contributed by atoms with van der Waals surface area (Å²) < 4.78 is 41.1. The van der Waals surface area contributed by atoms with Crippen LogP contribution < -0.4 is 15.1 Å². The fourth-order valence-electron chi connectivity index (χ4n) is 5.13. The van der Waals surface area contributed by atoms with Gasteiger partial charge in [-0.1, -0.05) is 12.1 Å². The van der Waals surface area contributed by atoms with Gasteiger partial charge in [0, 0.05) is 45.4 Å². The van der Waals surface area contributed by atoms with Gasteiger partial charge in [-0.15, -0.1) is 0 Å². The van der Waals surface area contributed by atoms with Crippen LogP contribution in [0.2, 0.25) is 0 Å². The molecule has 2 aliphatic rings. The number of nitrogens with one attached hydrogen (secondary N) is 1. The Morgan fingerprint density at radius 2 is 1.76 bits per heavy atom. The maximum atomic E-state index is 13.7. The van der Waals surface area contributed by atoms with Crippen LogP contribution in [-0.2, 0) is 17.4 Å². The zero-order valence-electron chi connectivity index (χ0n) is 21.3. The van der Waals surface area contributed by atoms with E-state index in [9.17, 15) is 23.1 Å². The number of nitrogens with zero attached hydrogens (tertiary/aromatic N) is 5. The molecule has 8 nitrogen and oxygen atoms in total. The van der Waals surface area contributed by atoms with Gasteiger partial charge in [0.2, 0.25) is 11.7 Å². The van der Waals surface area contributed by atoms with Crippen molar-refractivity contribution in [3.05, 3.63) is 47.3 Å². The molecule has 0 aliphatic carbocycles. The molecule has 2 aliphatic heterocycles. The lowest BCUT2D eigenvalue weighted by Crippen LogP contribution is -2.44. The second-order valence-corrected chi connectivity index (χ2v) is 9.98. The summed E-state index contributed by atoms with van der Waals surface area (Å²) in [6, 6.07) is 10.9. The van der Waals surface area contributed by atoms with Gasteiger partial charge in [-0.05, 0) is 62.1 Å². The molecule has 1 atom stereocenters. The van der Waals surface area contributed by atoms with Crippen molar-refractivity contribution >= 4 is 17.5 Å². The molecule has 1 amide bonds. The van der Waals surface area contributed by atoms with Gasteiger partial charge in [-0.2, -0.15) is 18.4 Å². The Morgan fingerprint density at radius 3 is 2.39 bits per heavy atom. The third-order valence-corrected chi connectivity index (χ3v) is 7.34. The number of carbonyl (C=O) groups is 1. The molecule has 38 heavy (non-hydrogen) atoms. The van der Waals surface area contributed by atoms with E-state index in [-0.39, 0.29) is 36.6 Å². The van der Waals surface area contributed by atoms with Crippen molar-refractivity contribution in [2.75, 3.05) is 49.1 Å². The average molecular weight is 531 g/mol. The van der Waals surface area contributed by atoms with E-state index in [0.29, 0.717) is 63.3 Å². The zero-order chi connectivity index (χ0) is 27.1. The molecule has 204 valence electrons. The second kappa shape index (κ2) is 12.4. The highest BCUT2D eigenvalue weighted by Gasteiger charge is 2.37. The Kier molecular flexibility index (Phi) is 9.05. The van der Waals surface area contributed by atoms with Crippen LogP contribution in [0.4, 0.5) is 24.8 Å². The van der Waals surface area contributed by atoms with Gasteiger partial charge < -0.3 is 20.2 Å². The van der Waals surface area contributed by atoms with Gasteiger partial charge in [0.05, 0.1) is 17.6 Å². The van der Waals surface area contributed by atoms with Crippen LogP contribution in [0.3, 0.4) is 0 Å². The lowest BCUT2D eigenvalue weighted by atomic mass is 9.94. The third-order valence-electron chi connectivity index (χ3n) is 7.34. The maximum Gasteiger partial charge on any atom is 0.451 e. The Bertz CT molecular complexity index is 1130. The Morgan fingerprint density at radius 1 is 1.08 bits per heavy atom. The van der Waals surface area contributed by atoms with E-state index < -0.39 is 12.0 Å². The van der Waals surface area contributed by atoms with Crippen LogP contribution in [0.1, 0.15) is 49.1 Å². The largest absolute Gasteiger partial charge is 0.451 e. The average Bonchev–Trinajstić information content (AvgIpc) is 2.93. The maximum absolute atomic E-state index is 13.7. The number of benzene rings is 1. The number of halogens is 3. The van der Waals surface area contributed by atoms with Crippen molar-refractivity contribution in [2.24, 2.45) is 11.8 Å². The van der Waals surface area contributed by atoms with E-state index >= 15 is 0 Å². The minimum atomic E-state index is -4.68. The number of rotatable bonds is 8. The number of aromatic nitrogens is 2. The molecule has 1 aromatic carbocycles. The zero-order valence-corrected chi connectivity index (χ0v) is 21.3. The minimum Gasteiger partial charge on any atom is -0.396 e. The van der Waals surface area contributed by atoms with Gasteiger partial charge >= 0.3 is 6.18 Å². The van der Waals surface area contributed by atoms with E-state index in [1.807, 2.05) is 17.0 Å². The van der Waals surface area contributed by atoms with Crippen molar-refractivity contribution in [1.82, 2.24) is 15.3 Å². The van der Waals surface area contributed by atoms with Crippen molar-refractivity contribution in [3.8, 4) is 6.07 Å². The normalized spacial score (nSPS) is 18.8. The van der Waals surface area contributed by atoms with Gasteiger partial charge in [0.15, 0.2) is 0 Å². The summed E-state index contributed by atoms with van der Waals surface area (Å²) in [4.78, 5) is 24.2. The van der Waals surface area contributed by atoms with Gasteiger partial charge in [0.1, 0.15) is 11.6 Å². The third kappa shape index (κ3) is 7.13. The minimum absolute atomic E-state index is 0.111. The Balaban J connectivity index is 1.41.